The fourth-order valence-electron chi connectivity index (χ4n) is 1.99. The number of hydrogen-bond donors (Lipinski definition) is 2. The Morgan fingerprint density at radius 3 is 2.94 bits per heavy atom. The summed E-state index contributed by atoms with van der Waals surface area (Å²) in [5.41, 5.74) is -0.316. The zero-order valence-corrected chi connectivity index (χ0v) is 11.9. The van der Waals surface area contributed by atoms with E-state index in [9.17, 15) is 4.79 Å². The van der Waals surface area contributed by atoms with Gasteiger partial charge in [-0.2, -0.15) is 0 Å². The van der Waals surface area contributed by atoms with Crippen molar-refractivity contribution in [2.75, 3.05) is 18.4 Å². The summed E-state index contributed by atoms with van der Waals surface area (Å²) in [5.74, 6) is 0.595. The highest BCUT2D eigenvalue weighted by atomic mass is 32.1. The van der Waals surface area contributed by atoms with Gasteiger partial charge in [-0.1, -0.05) is 25.2 Å². The molecule has 1 aromatic heterocycles. The molecule has 1 aliphatic rings. The molecule has 0 saturated carbocycles. The molecule has 1 atom stereocenters. The summed E-state index contributed by atoms with van der Waals surface area (Å²) in [6.07, 6.45) is 1.78. The first-order valence-corrected chi connectivity index (χ1v) is 7.16. The summed E-state index contributed by atoms with van der Waals surface area (Å²) in [5, 5.41) is 15.8. The van der Waals surface area contributed by atoms with Gasteiger partial charge in [0.25, 0.3) is 0 Å². The van der Waals surface area contributed by atoms with Crippen LogP contribution in [0.3, 0.4) is 0 Å². The highest BCUT2D eigenvalue weighted by Crippen LogP contribution is 2.27. The third-order valence-electron chi connectivity index (χ3n) is 3.19. The van der Waals surface area contributed by atoms with Crippen molar-refractivity contribution in [3.63, 3.8) is 0 Å². The number of amides is 1. The second kappa shape index (κ2) is 5.32. The minimum absolute atomic E-state index is 0.0414. The number of hydrogen-bond acceptors (Lipinski definition) is 5. The molecule has 1 fully saturated rings. The van der Waals surface area contributed by atoms with E-state index in [1.165, 1.54) is 11.3 Å². The molecule has 6 heteroatoms. The van der Waals surface area contributed by atoms with E-state index in [2.05, 4.69) is 34.7 Å². The first kappa shape index (κ1) is 13.4. The lowest BCUT2D eigenvalue weighted by Gasteiger charge is -2.20. The van der Waals surface area contributed by atoms with Gasteiger partial charge in [-0.3, -0.25) is 4.79 Å². The molecule has 0 aromatic carbocycles. The summed E-state index contributed by atoms with van der Waals surface area (Å²) < 4.78 is 0. The average molecular weight is 268 g/mol. The van der Waals surface area contributed by atoms with Crippen molar-refractivity contribution < 1.29 is 4.79 Å². The highest BCUT2D eigenvalue weighted by molar-refractivity contribution is 7.15. The summed E-state index contributed by atoms with van der Waals surface area (Å²) in [4.78, 5) is 12.2. The standard InChI is InChI=1S/C12H20N4OS/c1-8(2)6-9-15-16-11(18-9)14-10(17)12(3)4-5-13-7-12/h8,13H,4-7H2,1-3H3,(H,14,16,17). The van der Waals surface area contributed by atoms with Crippen LogP contribution in [0.25, 0.3) is 0 Å². The lowest BCUT2D eigenvalue weighted by molar-refractivity contribution is -0.123. The molecule has 0 spiro atoms. The van der Waals surface area contributed by atoms with Gasteiger partial charge in [0.2, 0.25) is 11.0 Å². The maximum absolute atomic E-state index is 12.2. The van der Waals surface area contributed by atoms with Gasteiger partial charge in [0.05, 0.1) is 5.41 Å². The van der Waals surface area contributed by atoms with Crippen molar-refractivity contribution >= 4 is 22.4 Å². The summed E-state index contributed by atoms with van der Waals surface area (Å²) in [6, 6.07) is 0. The summed E-state index contributed by atoms with van der Waals surface area (Å²) in [7, 11) is 0. The minimum atomic E-state index is -0.316. The van der Waals surface area contributed by atoms with Gasteiger partial charge in [0.15, 0.2) is 0 Å². The molecule has 100 valence electrons. The SMILES string of the molecule is CC(C)Cc1nnc(NC(=O)C2(C)CCNC2)s1. The Labute approximate surface area is 111 Å². The van der Waals surface area contributed by atoms with Gasteiger partial charge >= 0.3 is 0 Å². The molecule has 5 nitrogen and oxygen atoms in total. The van der Waals surface area contributed by atoms with Crippen LogP contribution in [0.4, 0.5) is 5.13 Å². The number of nitrogens with one attached hydrogen (secondary N) is 2. The maximum Gasteiger partial charge on any atom is 0.233 e. The molecule has 1 aromatic rings. The van der Waals surface area contributed by atoms with Crippen LogP contribution in [0.1, 0.15) is 32.2 Å². The number of anilines is 1. The average Bonchev–Trinajstić information content (AvgIpc) is 2.88. The van der Waals surface area contributed by atoms with Gasteiger partial charge in [0.1, 0.15) is 5.01 Å². The summed E-state index contributed by atoms with van der Waals surface area (Å²) in [6.45, 7) is 7.91. The molecule has 18 heavy (non-hydrogen) atoms. The van der Waals surface area contributed by atoms with Crippen LogP contribution in [0, 0.1) is 11.3 Å². The Bertz CT molecular complexity index is 423. The molecule has 1 aliphatic heterocycles. The Kier molecular flexibility index (Phi) is 3.97. The maximum atomic E-state index is 12.2. The molecule has 2 N–H and O–H groups in total. The molecule has 0 aliphatic carbocycles. The van der Waals surface area contributed by atoms with Gasteiger partial charge in [-0.05, 0) is 25.8 Å². The first-order valence-electron chi connectivity index (χ1n) is 6.34. The zero-order valence-electron chi connectivity index (χ0n) is 11.1. The Hall–Kier alpha value is -1.01. The smallest absolute Gasteiger partial charge is 0.233 e. The molecular formula is C12H20N4OS. The molecule has 1 unspecified atom stereocenters. The molecule has 1 saturated heterocycles. The van der Waals surface area contributed by atoms with Crippen molar-refractivity contribution in [1.82, 2.24) is 15.5 Å². The van der Waals surface area contributed by atoms with Crippen LogP contribution < -0.4 is 10.6 Å². The highest BCUT2D eigenvalue weighted by Gasteiger charge is 2.36. The van der Waals surface area contributed by atoms with Crippen LogP contribution in [-0.4, -0.2) is 29.2 Å². The van der Waals surface area contributed by atoms with Gasteiger partial charge in [-0.15, -0.1) is 10.2 Å². The molecule has 0 radical (unpaired) electrons. The van der Waals surface area contributed by atoms with Crippen molar-refractivity contribution in [3.05, 3.63) is 5.01 Å². The fourth-order valence-corrected chi connectivity index (χ4v) is 2.94. The Morgan fingerprint density at radius 1 is 1.56 bits per heavy atom. The van der Waals surface area contributed by atoms with E-state index in [1.807, 2.05) is 6.92 Å². The van der Waals surface area contributed by atoms with E-state index in [4.69, 9.17) is 0 Å². The van der Waals surface area contributed by atoms with Crippen LogP contribution in [-0.2, 0) is 11.2 Å². The number of carbonyl (C=O) groups excluding carboxylic acids is 1. The topological polar surface area (TPSA) is 66.9 Å². The van der Waals surface area contributed by atoms with E-state index in [0.717, 1.165) is 30.9 Å². The van der Waals surface area contributed by atoms with Gasteiger partial charge < -0.3 is 10.6 Å². The predicted molar refractivity (Wildman–Crippen MR) is 72.7 cm³/mol. The molecule has 2 rings (SSSR count). The van der Waals surface area contributed by atoms with E-state index < -0.39 is 0 Å². The van der Waals surface area contributed by atoms with E-state index in [1.54, 1.807) is 0 Å². The lowest BCUT2D eigenvalue weighted by atomic mass is 9.89. The lowest BCUT2D eigenvalue weighted by Crippen LogP contribution is -2.35. The molecule has 1 amide bonds. The summed E-state index contributed by atoms with van der Waals surface area (Å²) >= 11 is 1.47. The van der Waals surface area contributed by atoms with E-state index in [-0.39, 0.29) is 11.3 Å². The minimum Gasteiger partial charge on any atom is -0.316 e. The quantitative estimate of drug-likeness (QED) is 0.872. The Balaban J connectivity index is 1.96. The van der Waals surface area contributed by atoms with Gasteiger partial charge in [0, 0.05) is 13.0 Å². The number of nitrogens with zero attached hydrogens (tertiary/aromatic N) is 2. The van der Waals surface area contributed by atoms with Crippen molar-refractivity contribution in [2.24, 2.45) is 11.3 Å². The monoisotopic (exact) mass is 268 g/mol. The third kappa shape index (κ3) is 3.05. The van der Waals surface area contributed by atoms with Crippen molar-refractivity contribution in [2.45, 2.75) is 33.6 Å². The molecule has 2 heterocycles. The van der Waals surface area contributed by atoms with Crippen LogP contribution in [0.2, 0.25) is 0 Å². The van der Waals surface area contributed by atoms with Crippen LogP contribution >= 0.6 is 11.3 Å². The number of aromatic nitrogens is 2. The normalized spacial score (nSPS) is 23.6. The van der Waals surface area contributed by atoms with Crippen LogP contribution in [0.5, 0.6) is 0 Å². The predicted octanol–water partition coefficient (Wildman–Crippen LogP) is 1.67. The van der Waals surface area contributed by atoms with Crippen molar-refractivity contribution in [1.29, 1.82) is 0 Å². The fraction of sp³-hybridized carbons (Fsp3) is 0.750. The van der Waals surface area contributed by atoms with Crippen LogP contribution in [0.15, 0.2) is 0 Å². The second-order valence-electron chi connectivity index (χ2n) is 5.54. The Morgan fingerprint density at radius 2 is 2.33 bits per heavy atom. The first-order chi connectivity index (χ1) is 8.49. The largest absolute Gasteiger partial charge is 0.316 e. The van der Waals surface area contributed by atoms with E-state index >= 15 is 0 Å². The molecule has 0 bridgehead atoms. The third-order valence-corrected chi connectivity index (χ3v) is 4.05. The van der Waals surface area contributed by atoms with Crippen molar-refractivity contribution in [3.8, 4) is 0 Å². The van der Waals surface area contributed by atoms with E-state index in [0.29, 0.717) is 11.0 Å². The number of carbonyl (C=O) groups is 1. The molecular weight excluding hydrogens is 248 g/mol. The van der Waals surface area contributed by atoms with Gasteiger partial charge in [-0.25, -0.2) is 0 Å². The zero-order chi connectivity index (χ0) is 13.2. The second-order valence-corrected chi connectivity index (χ2v) is 6.60. The number of rotatable bonds is 4.